The van der Waals surface area contributed by atoms with Crippen LogP contribution >= 0.6 is 11.8 Å². The first-order chi connectivity index (χ1) is 9.02. The number of amides is 1. The van der Waals surface area contributed by atoms with Crippen LogP contribution in [0, 0.1) is 5.92 Å². The van der Waals surface area contributed by atoms with Gasteiger partial charge in [-0.3, -0.25) is 4.79 Å². The Bertz CT molecular complexity index is 419. The number of carbonyl (C=O) groups excluding carboxylic acids is 1. The highest BCUT2D eigenvalue weighted by molar-refractivity contribution is 7.99. The minimum atomic E-state index is 0.0399. The third-order valence-corrected chi connectivity index (χ3v) is 3.92. The van der Waals surface area contributed by atoms with Gasteiger partial charge in [0.25, 0.3) is 0 Å². The van der Waals surface area contributed by atoms with Crippen molar-refractivity contribution in [3.05, 3.63) is 18.2 Å². The van der Waals surface area contributed by atoms with Gasteiger partial charge in [0, 0.05) is 11.3 Å². The topological polar surface area (TPSA) is 55.1 Å². The predicted molar refractivity (Wildman–Crippen MR) is 84.6 cm³/mol. The number of hydrogen-bond donors (Lipinski definition) is 2. The van der Waals surface area contributed by atoms with E-state index in [1.165, 1.54) is 0 Å². The van der Waals surface area contributed by atoms with E-state index in [9.17, 15) is 4.79 Å². The summed E-state index contributed by atoms with van der Waals surface area (Å²) >= 11 is 1.78. The lowest BCUT2D eigenvalue weighted by molar-refractivity contribution is -0.116. The average molecular weight is 280 g/mol. The summed E-state index contributed by atoms with van der Waals surface area (Å²) in [7, 11) is 0. The zero-order chi connectivity index (χ0) is 14.3. The van der Waals surface area contributed by atoms with E-state index >= 15 is 0 Å². The standard InChI is InChI=1S/C15H24N2OS/c1-4-9-19-12-6-7-13(16)14(10-12)17-15(18)8-5-11(2)3/h6-7,10-11H,4-5,8-9,16H2,1-3H3,(H,17,18). The van der Waals surface area contributed by atoms with Gasteiger partial charge in [0.2, 0.25) is 5.91 Å². The highest BCUT2D eigenvalue weighted by atomic mass is 32.2. The summed E-state index contributed by atoms with van der Waals surface area (Å²) in [6.07, 6.45) is 2.57. The fourth-order valence-corrected chi connectivity index (χ4v) is 2.39. The number of thioether (sulfide) groups is 1. The average Bonchev–Trinajstić information content (AvgIpc) is 2.37. The van der Waals surface area contributed by atoms with Crippen molar-refractivity contribution in [3.63, 3.8) is 0 Å². The summed E-state index contributed by atoms with van der Waals surface area (Å²) in [6, 6.07) is 5.82. The SMILES string of the molecule is CCCSc1ccc(N)c(NC(=O)CCC(C)C)c1. The largest absolute Gasteiger partial charge is 0.397 e. The molecule has 1 aromatic carbocycles. The van der Waals surface area contributed by atoms with Crippen molar-refractivity contribution in [3.8, 4) is 0 Å². The molecule has 0 saturated heterocycles. The van der Waals surface area contributed by atoms with Gasteiger partial charge < -0.3 is 11.1 Å². The lowest BCUT2D eigenvalue weighted by Gasteiger charge is -2.11. The van der Waals surface area contributed by atoms with E-state index in [1.807, 2.05) is 18.2 Å². The first kappa shape index (κ1) is 15.9. The monoisotopic (exact) mass is 280 g/mol. The first-order valence-corrected chi connectivity index (χ1v) is 7.83. The van der Waals surface area contributed by atoms with Crippen molar-refractivity contribution in [2.24, 2.45) is 5.92 Å². The van der Waals surface area contributed by atoms with Gasteiger partial charge in [0.05, 0.1) is 11.4 Å². The normalized spacial score (nSPS) is 10.7. The molecule has 0 bridgehead atoms. The van der Waals surface area contributed by atoms with Gasteiger partial charge in [0.15, 0.2) is 0 Å². The molecule has 3 N–H and O–H groups in total. The van der Waals surface area contributed by atoms with Crippen LogP contribution in [-0.4, -0.2) is 11.7 Å². The number of hydrogen-bond acceptors (Lipinski definition) is 3. The molecule has 19 heavy (non-hydrogen) atoms. The summed E-state index contributed by atoms with van der Waals surface area (Å²) in [4.78, 5) is 13.0. The number of benzene rings is 1. The molecule has 0 saturated carbocycles. The minimum Gasteiger partial charge on any atom is -0.397 e. The Morgan fingerprint density at radius 1 is 1.42 bits per heavy atom. The van der Waals surface area contributed by atoms with Gasteiger partial charge in [-0.25, -0.2) is 0 Å². The van der Waals surface area contributed by atoms with Crippen LogP contribution in [0.4, 0.5) is 11.4 Å². The number of nitrogen functional groups attached to an aromatic ring is 1. The summed E-state index contributed by atoms with van der Waals surface area (Å²) in [5, 5.41) is 2.91. The van der Waals surface area contributed by atoms with Crippen LogP contribution < -0.4 is 11.1 Å². The Balaban J connectivity index is 2.63. The Labute approximate surface area is 120 Å². The van der Waals surface area contributed by atoms with E-state index in [0.717, 1.165) is 29.2 Å². The molecule has 0 fully saturated rings. The van der Waals surface area contributed by atoms with Crippen LogP contribution in [0.5, 0.6) is 0 Å². The van der Waals surface area contributed by atoms with Crippen molar-refractivity contribution in [2.75, 3.05) is 16.8 Å². The van der Waals surface area contributed by atoms with Gasteiger partial charge >= 0.3 is 0 Å². The molecule has 0 aromatic heterocycles. The molecule has 0 aliphatic rings. The van der Waals surface area contributed by atoms with Crippen molar-refractivity contribution >= 4 is 29.0 Å². The molecule has 0 radical (unpaired) electrons. The Hall–Kier alpha value is -1.16. The van der Waals surface area contributed by atoms with Crippen LogP contribution in [0.15, 0.2) is 23.1 Å². The molecule has 3 nitrogen and oxygen atoms in total. The van der Waals surface area contributed by atoms with Gasteiger partial charge in [-0.1, -0.05) is 20.8 Å². The van der Waals surface area contributed by atoms with Gasteiger partial charge in [-0.2, -0.15) is 0 Å². The molecule has 4 heteroatoms. The Morgan fingerprint density at radius 3 is 2.79 bits per heavy atom. The van der Waals surface area contributed by atoms with Crippen LogP contribution in [0.25, 0.3) is 0 Å². The quantitative estimate of drug-likeness (QED) is 0.583. The fourth-order valence-electron chi connectivity index (χ4n) is 1.59. The number of anilines is 2. The molecular weight excluding hydrogens is 256 g/mol. The lowest BCUT2D eigenvalue weighted by Crippen LogP contribution is -2.13. The van der Waals surface area contributed by atoms with Gasteiger partial charge in [-0.05, 0) is 42.7 Å². The smallest absolute Gasteiger partial charge is 0.224 e. The van der Waals surface area contributed by atoms with Crippen molar-refractivity contribution in [1.82, 2.24) is 0 Å². The van der Waals surface area contributed by atoms with E-state index in [1.54, 1.807) is 11.8 Å². The van der Waals surface area contributed by atoms with E-state index in [-0.39, 0.29) is 5.91 Å². The van der Waals surface area contributed by atoms with Crippen LogP contribution in [0.1, 0.15) is 40.0 Å². The van der Waals surface area contributed by atoms with E-state index in [4.69, 9.17) is 5.73 Å². The molecule has 0 unspecified atom stereocenters. The molecule has 1 aromatic rings. The van der Waals surface area contributed by atoms with E-state index in [2.05, 4.69) is 26.1 Å². The number of carbonyl (C=O) groups is 1. The molecule has 0 aliphatic carbocycles. The molecule has 0 spiro atoms. The third-order valence-electron chi connectivity index (χ3n) is 2.72. The van der Waals surface area contributed by atoms with Crippen LogP contribution in [0.2, 0.25) is 0 Å². The maximum Gasteiger partial charge on any atom is 0.224 e. The number of nitrogens with one attached hydrogen (secondary N) is 1. The highest BCUT2D eigenvalue weighted by Gasteiger charge is 2.07. The zero-order valence-corrected chi connectivity index (χ0v) is 12.8. The lowest BCUT2D eigenvalue weighted by atomic mass is 10.1. The zero-order valence-electron chi connectivity index (χ0n) is 12.0. The molecular formula is C15H24N2OS. The molecule has 106 valence electrons. The fraction of sp³-hybridized carbons (Fsp3) is 0.533. The maximum atomic E-state index is 11.8. The minimum absolute atomic E-state index is 0.0399. The highest BCUT2D eigenvalue weighted by Crippen LogP contribution is 2.27. The molecule has 1 rings (SSSR count). The van der Waals surface area contributed by atoms with Crippen LogP contribution in [-0.2, 0) is 4.79 Å². The molecule has 0 aliphatic heterocycles. The molecule has 0 heterocycles. The third kappa shape index (κ3) is 6.01. The summed E-state index contributed by atoms with van der Waals surface area (Å²) in [5.74, 6) is 1.65. The van der Waals surface area contributed by atoms with E-state index < -0.39 is 0 Å². The first-order valence-electron chi connectivity index (χ1n) is 6.85. The van der Waals surface area contributed by atoms with Crippen LogP contribution in [0.3, 0.4) is 0 Å². The number of rotatable bonds is 7. The summed E-state index contributed by atoms with van der Waals surface area (Å²) < 4.78 is 0. The van der Waals surface area contributed by atoms with Crippen molar-refractivity contribution in [1.29, 1.82) is 0 Å². The Kier molecular flexibility index (Phi) is 6.78. The second-order valence-electron chi connectivity index (χ2n) is 5.08. The van der Waals surface area contributed by atoms with Crippen molar-refractivity contribution in [2.45, 2.75) is 44.9 Å². The van der Waals surface area contributed by atoms with Gasteiger partial charge in [-0.15, -0.1) is 11.8 Å². The Morgan fingerprint density at radius 2 is 2.16 bits per heavy atom. The second kappa shape index (κ2) is 8.10. The van der Waals surface area contributed by atoms with E-state index in [0.29, 0.717) is 18.0 Å². The predicted octanol–water partition coefficient (Wildman–Crippen LogP) is 4.15. The molecule has 0 atom stereocenters. The maximum absolute atomic E-state index is 11.8. The number of nitrogens with two attached hydrogens (primary N) is 1. The van der Waals surface area contributed by atoms with Gasteiger partial charge in [0.1, 0.15) is 0 Å². The summed E-state index contributed by atoms with van der Waals surface area (Å²) in [5.41, 5.74) is 7.25. The summed E-state index contributed by atoms with van der Waals surface area (Å²) in [6.45, 7) is 6.38. The molecule has 1 amide bonds. The second-order valence-corrected chi connectivity index (χ2v) is 6.25. The van der Waals surface area contributed by atoms with Crippen molar-refractivity contribution < 1.29 is 4.79 Å².